The number of halogens is 3. The van der Waals surface area contributed by atoms with Crippen molar-refractivity contribution in [3.63, 3.8) is 0 Å². The SMILES string of the molecule is CCOC(=O)CC1CCCc2ccc(OCCCCN=C(N)N)cc2C1.O=C(O)C(F)(F)F. The third kappa shape index (κ3) is 12.0. The van der Waals surface area contributed by atoms with E-state index >= 15 is 0 Å². The van der Waals surface area contributed by atoms with E-state index in [0.717, 1.165) is 44.3 Å². The van der Waals surface area contributed by atoms with Crippen molar-refractivity contribution in [1.29, 1.82) is 0 Å². The van der Waals surface area contributed by atoms with Gasteiger partial charge in [0.1, 0.15) is 5.75 Å². The number of ether oxygens (including phenoxy) is 2. The van der Waals surface area contributed by atoms with Gasteiger partial charge in [0.15, 0.2) is 5.96 Å². The van der Waals surface area contributed by atoms with E-state index in [1.54, 1.807) is 0 Å². The van der Waals surface area contributed by atoms with Gasteiger partial charge in [0.05, 0.1) is 13.2 Å². The van der Waals surface area contributed by atoms with E-state index in [0.29, 0.717) is 32.1 Å². The number of carbonyl (C=O) groups is 2. The Morgan fingerprint density at radius 1 is 1.21 bits per heavy atom. The molecule has 2 rings (SSSR count). The molecule has 0 spiro atoms. The summed E-state index contributed by atoms with van der Waals surface area (Å²) in [4.78, 5) is 24.7. The second-order valence-electron chi connectivity index (χ2n) is 7.57. The van der Waals surface area contributed by atoms with Crippen molar-refractivity contribution in [1.82, 2.24) is 0 Å². The maximum Gasteiger partial charge on any atom is 0.490 e. The lowest BCUT2D eigenvalue weighted by atomic mass is 9.94. The number of rotatable bonds is 9. The van der Waals surface area contributed by atoms with Crippen molar-refractivity contribution >= 4 is 17.9 Å². The first-order valence-corrected chi connectivity index (χ1v) is 10.8. The lowest BCUT2D eigenvalue weighted by Gasteiger charge is -2.15. The zero-order chi connectivity index (χ0) is 24.9. The van der Waals surface area contributed by atoms with E-state index in [2.05, 4.69) is 17.1 Å². The first kappa shape index (κ1) is 28.1. The topological polar surface area (TPSA) is 137 Å². The van der Waals surface area contributed by atoms with Gasteiger partial charge in [0.25, 0.3) is 0 Å². The highest BCUT2D eigenvalue weighted by Crippen LogP contribution is 2.29. The van der Waals surface area contributed by atoms with Gasteiger partial charge in [-0.2, -0.15) is 13.2 Å². The molecule has 0 fully saturated rings. The predicted octanol–water partition coefficient (Wildman–Crippen LogP) is 3.20. The summed E-state index contributed by atoms with van der Waals surface area (Å²) in [7, 11) is 0. The lowest BCUT2D eigenvalue weighted by molar-refractivity contribution is -0.192. The minimum absolute atomic E-state index is 0.0888. The second kappa shape index (κ2) is 14.2. The number of hydrogen-bond acceptors (Lipinski definition) is 5. The van der Waals surface area contributed by atoms with E-state index < -0.39 is 12.1 Å². The number of nitrogens with two attached hydrogens (primary N) is 2. The summed E-state index contributed by atoms with van der Waals surface area (Å²) in [6, 6.07) is 6.34. The van der Waals surface area contributed by atoms with Crippen molar-refractivity contribution in [2.75, 3.05) is 19.8 Å². The van der Waals surface area contributed by atoms with Gasteiger partial charge in [-0.25, -0.2) is 4.79 Å². The largest absolute Gasteiger partial charge is 0.494 e. The van der Waals surface area contributed by atoms with Crippen LogP contribution in [0.5, 0.6) is 5.75 Å². The minimum Gasteiger partial charge on any atom is -0.494 e. The van der Waals surface area contributed by atoms with Crippen LogP contribution in [0.25, 0.3) is 0 Å². The standard InChI is InChI=1S/C20H31N3O3.C2HF3O2/c1-2-25-19(24)13-15-6-5-7-16-8-9-18(14-17(16)12-15)26-11-4-3-10-23-20(21)22;3-2(4,5)1(6)7/h8-9,14-15H,2-7,10-13H2,1H3,(H4,21,22,23);(H,6,7). The van der Waals surface area contributed by atoms with Crippen LogP contribution in [0.2, 0.25) is 0 Å². The van der Waals surface area contributed by atoms with Gasteiger partial charge >= 0.3 is 18.1 Å². The third-order valence-corrected chi connectivity index (χ3v) is 4.86. The molecular formula is C22H32F3N3O5. The number of esters is 1. The van der Waals surface area contributed by atoms with Crippen molar-refractivity contribution in [3.05, 3.63) is 29.3 Å². The van der Waals surface area contributed by atoms with Crippen LogP contribution in [0.3, 0.4) is 0 Å². The summed E-state index contributed by atoms with van der Waals surface area (Å²) >= 11 is 0. The Balaban J connectivity index is 0.000000675. The van der Waals surface area contributed by atoms with Gasteiger partial charge in [-0.15, -0.1) is 0 Å². The molecule has 8 nitrogen and oxygen atoms in total. The van der Waals surface area contributed by atoms with Crippen LogP contribution in [-0.4, -0.2) is 48.9 Å². The normalized spacial score (nSPS) is 15.2. The molecule has 0 radical (unpaired) electrons. The Morgan fingerprint density at radius 2 is 1.91 bits per heavy atom. The summed E-state index contributed by atoms with van der Waals surface area (Å²) in [5, 5.41) is 7.12. The Kier molecular flexibility index (Phi) is 12.1. The minimum atomic E-state index is -5.08. The quantitative estimate of drug-likeness (QED) is 0.164. The molecule has 33 heavy (non-hydrogen) atoms. The summed E-state index contributed by atoms with van der Waals surface area (Å²) in [6.45, 7) is 3.57. The lowest BCUT2D eigenvalue weighted by Crippen LogP contribution is -2.23. The zero-order valence-corrected chi connectivity index (χ0v) is 18.7. The van der Waals surface area contributed by atoms with Gasteiger partial charge in [0, 0.05) is 13.0 Å². The summed E-state index contributed by atoms with van der Waals surface area (Å²) in [5.74, 6) is -1.47. The summed E-state index contributed by atoms with van der Waals surface area (Å²) in [6.07, 6.45) is 1.37. The molecule has 0 saturated heterocycles. The number of aliphatic imine (C=N–C) groups is 1. The number of hydrogen-bond donors (Lipinski definition) is 3. The number of carbonyl (C=O) groups excluding carboxylic acids is 1. The van der Waals surface area contributed by atoms with Gasteiger partial charge in [-0.1, -0.05) is 6.07 Å². The smallest absolute Gasteiger partial charge is 0.490 e. The molecule has 1 aromatic carbocycles. The number of fused-ring (bicyclic) bond motifs is 1. The number of aryl methyl sites for hydroxylation is 1. The molecule has 1 aliphatic rings. The third-order valence-electron chi connectivity index (χ3n) is 4.86. The molecule has 0 bridgehead atoms. The fourth-order valence-electron chi connectivity index (χ4n) is 3.36. The zero-order valence-electron chi connectivity index (χ0n) is 18.7. The average molecular weight is 476 g/mol. The number of guanidine groups is 1. The predicted molar refractivity (Wildman–Crippen MR) is 117 cm³/mol. The Morgan fingerprint density at radius 3 is 2.52 bits per heavy atom. The number of unbranched alkanes of at least 4 members (excludes halogenated alkanes) is 1. The highest BCUT2D eigenvalue weighted by atomic mass is 19.4. The summed E-state index contributed by atoms with van der Waals surface area (Å²) in [5.41, 5.74) is 13.3. The molecule has 1 aromatic rings. The first-order valence-electron chi connectivity index (χ1n) is 10.8. The number of benzene rings is 1. The van der Waals surface area contributed by atoms with Gasteiger partial charge in [0.2, 0.25) is 0 Å². The van der Waals surface area contributed by atoms with Crippen molar-refractivity contribution in [3.8, 4) is 5.75 Å². The number of carboxylic acid groups (broad SMARTS) is 1. The summed E-state index contributed by atoms with van der Waals surface area (Å²) < 4.78 is 42.7. The highest BCUT2D eigenvalue weighted by molar-refractivity contribution is 5.75. The molecule has 5 N–H and O–H groups in total. The van der Waals surface area contributed by atoms with Crippen LogP contribution >= 0.6 is 0 Å². The Labute approximate surface area is 191 Å². The number of aliphatic carboxylic acids is 1. The molecule has 0 aromatic heterocycles. The van der Waals surface area contributed by atoms with Crippen LogP contribution in [0.4, 0.5) is 13.2 Å². The average Bonchev–Trinajstić information content (AvgIpc) is 2.91. The van der Waals surface area contributed by atoms with Crippen molar-refractivity contribution in [2.24, 2.45) is 22.4 Å². The van der Waals surface area contributed by atoms with Crippen LogP contribution < -0.4 is 16.2 Å². The molecule has 1 unspecified atom stereocenters. The molecule has 1 aliphatic carbocycles. The van der Waals surface area contributed by atoms with E-state index in [1.165, 1.54) is 11.1 Å². The van der Waals surface area contributed by atoms with E-state index in [-0.39, 0.29) is 11.9 Å². The Bertz CT molecular complexity index is 796. The number of nitrogens with zero attached hydrogens (tertiary/aromatic N) is 1. The Hall–Kier alpha value is -2.98. The molecule has 0 heterocycles. The van der Waals surface area contributed by atoms with Crippen LogP contribution in [0.15, 0.2) is 23.2 Å². The fraction of sp³-hybridized carbons (Fsp3) is 0.591. The maximum atomic E-state index is 11.8. The molecular weight excluding hydrogens is 443 g/mol. The molecule has 1 atom stereocenters. The molecule has 186 valence electrons. The monoisotopic (exact) mass is 475 g/mol. The molecule has 0 aliphatic heterocycles. The first-order chi connectivity index (χ1) is 15.5. The van der Waals surface area contributed by atoms with Crippen LogP contribution in [0.1, 0.15) is 50.2 Å². The van der Waals surface area contributed by atoms with E-state index in [1.807, 2.05) is 13.0 Å². The van der Waals surface area contributed by atoms with Gasteiger partial charge < -0.3 is 26.0 Å². The second-order valence-corrected chi connectivity index (χ2v) is 7.57. The molecule has 0 saturated carbocycles. The van der Waals surface area contributed by atoms with Gasteiger partial charge in [-0.3, -0.25) is 9.79 Å². The van der Waals surface area contributed by atoms with Gasteiger partial charge in [-0.05, 0) is 74.6 Å². The molecule has 11 heteroatoms. The number of alkyl halides is 3. The molecule has 0 amide bonds. The number of carboxylic acids is 1. The van der Waals surface area contributed by atoms with Crippen molar-refractivity contribution in [2.45, 2.75) is 58.0 Å². The van der Waals surface area contributed by atoms with Crippen molar-refractivity contribution < 1.29 is 37.3 Å². The van der Waals surface area contributed by atoms with Crippen LogP contribution in [0, 0.1) is 5.92 Å². The fourth-order valence-corrected chi connectivity index (χ4v) is 3.36. The van der Waals surface area contributed by atoms with E-state index in [4.69, 9.17) is 30.8 Å². The van der Waals surface area contributed by atoms with E-state index in [9.17, 15) is 18.0 Å². The highest BCUT2D eigenvalue weighted by Gasteiger charge is 2.38. The maximum absolute atomic E-state index is 11.8. The van der Waals surface area contributed by atoms with Crippen LogP contribution in [-0.2, 0) is 27.2 Å².